The van der Waals surface area contributed by atoms with Crippen molar-refractivity contribution in [3.63, 3.8) is 0 Å². The monoisotopic (exact) mass is 352 g/mol. The van der Waals surface area contributed by atoms with Crippen molar-refractivity contribution in [2.45, 2.75) is 43.7 Å². The third-order valence-corrected chi connectivity index (χ3v) is 5.44. The Morgan fingerprint density at radius 3 is 2.77 bits per heavy atom. The van der Waals surface area contributed by atoms with Gasteiger partial charge in [-0.05, 0) is 36.8 Å². The van der Waals surface area contributed by atoms with Gasteiger partial charge < -0.3 is 0 Å². The molecule has 0 unspecified atom stereocenters. The molecule has 3 aromatic heterocycles. The second-order valence-corrected chi connectivity index (χ2v) is 6.96. The SMILES string of the molecule is O=c1n(C2CC(c3cncc(F)c3)C2)nc2n1[C@H](c1cnccn1)CC2. The smallest absolute Gasteiger partial charge is 0.270 e. The first-order valence-electron chi connectivity index (χ1n) is 8.77. The summed E-state index contributed by atoms with van der Waals surface area (Å²) in [5.74, 6) is 0.708. The van der Waals surface area contributed by atoms with Crippen LogP contribution in [0.25, 0.3) is 0 Å². The summed E-state index contributed by atoms with van der Waals surface area (Å²) in [5.41, 5.74) is 1.60. The number of pyridine rings is 1. The molecule has 5 rings (SSSR count). The molecule has 0 N–H and O–H groups in total. The fourth-order valence-electron chi connectivity index (χ4n) is 4.03. The van der Waals surface area contributed by atoms with Crippen LogP contribution in [0.4, 0.5) is 4.39 Å². The second-order valence-electron chi connectivity index (χ2n) is 6.96. The molecule has 26 heavy (non-hydrogen) atoms. The molecule has 1 saturated carbocycles. The molecule has 0 bridgehead atoms. The lowest BCUT2D eigenvalue weighted by atomic mass is 9.76. The van der Waals surface area contributed by atoms with Crippen molar-refractivity contribution in [3.05, 3.63) is 70.4 Å². The number of halogens is 1. The van der Waals surface area contributed by atoms with E-state index in [-0.39, 0.29) is 29.5 Å². The molecule has 3 aromatic rings. The van der Waals surface area contributed by atoms with Crippen molar-refractivity contribution in [2.75, 3.05) is 0 Å². The van der Waals surface area contributed by atoms with Crippen molar-refractivity contribution < 1.29 is 4.39 Å². The highest BCUT2D eigenvalue weighted by Gasteiger charge is 2.37. The van der Waals surface area contributed by atoms with Crippen LogP contribution in [0.15, 0.2) is 41.8 Å². The molecule has 132 valence electrons. The normalized spacial score (nSPS) is 24.3. The average Bonchev–Trinajstić information content (AvgIpc) is 3.16. The summed E-state index contributed by atoms with van der Waals surface area (Å²) in [6, 6.07) is 1.48. The number of aryl methyl sites for hydroxylation is 1. The van der Waals surface area contributed by atoms with Crippen molar-refractivity contribution >= 4 is 0 Å². The Morgan fingerprint density at radius 1 is 1.12 bits per heavy atom. The Balaban J connectivity index is 1.39. The van der Waals surface area contributed by atoms with Gasteiger partial charge in [-0.2, -0.15) is 5.10 Å². The summed E-state index contributed by atoms with van der Waals surface area (Å²) in [4.78, 5) is 25.3. The number of fused-ring (bicyclic) bond motifs is 1. The maximum absolute atomic E-state index is 13.3. The Bertz CT molecular complexity index is 1010. The van der Waals surface area contributed by atoms with E-state index < -0.39 is 0 Å². The van der Waals surface area contributed by atoms with Gasteiger partial charge in [-0.25, -0.2) is 13.9 Å². The third-order valence-electron chi connectivity index (χ3n) is 5.44. The van der Waals surface area contributed by atoms with E-state index in [4.69, 9.17) is 0 Å². The lowest BCUT2D eigenvalue weighted by Gasteiger charge is -2.34. The summed E-state index contributed by atoms with van der Waals surface area (Å²) in [5, 5.41) is 4.56. The van der Waals surface area contributed by atoms with E-state index in [1.165, 1.54) is 12.3 Å². The molecule has 1 fully saturated rings. The first kappa shape index (κ1) is 15.4. The van der Waals surface area contributed by atoms with Crippen LogP contribution in [0.3, 0.4) is 0 Å². The topological polar surface area (TPSA) is 78.5 Å². The van der Waals surface area contributed by atoms with Gasteiger partial charge in [0.25, 0.3) is 0 Å². The third kappa shape index (κ3) is 2.36. The highest BCUT2D eigenvalue weighted by Crippen LogP contribution is 2.44. The summed E-state index contributed by atoms with van der Waals surface area (Å²) in [6.45, 7) is 0. The van der Waals surface area contributed by atoms with E-state index in [1.54, 1.807) is 34.0 Å². The van der Waals surface area contributed by atoms with Gasteiger partial charge in [-0.15, -0.1) is 0 Å². The molecule has 4 heterocycles. The number of rotatable bonds is 3. The Morgan fingerprint density at radius 2 is 2.00 bits per heavy atom. The minimum absolute atomic E-state index is 0.0522. The van der Waals surface area contributed by atoms with Crippen LogP contribution < -0.4 is 5.69 Å². The summed E-state index contributed by atoms with van der Waals surface area (Å²) in [6.07, 6.45) is 11.0. The summed E-state index contributed by atoms with van der Waals surface area (Å²) in [7, 11) is 0. The Hall–Kier alpha value is -2.90. The van der Waals surface area contributed by atoms with Crippen LogP contribution in [0.1, 0.15) is 54.3 Å². The molecular formula is C18H17FN6O. The highest BCUT2D eigenvalue weighted by atomic mass is 19.1. The Labute approximate surface area is 148 Å². The van der Waals surface area contributed by atoms with Gasteiger partial charge in [0.2, 0.25) is 0 Å². The van der Waals surface area contributed by atoms with Crippen molar-refractivity contribution in [2.24, 2.45) is 0 Å². The van der Waals surface area contributed by atoms with E-state index in [0.717, 1.165) is 42.8 Å². The second kappa shape index (κ2) is 5.82. The maximum atomic E-state index is 13.3. The standard InChI is InChI=1S/C18H17FN6O/c19-13-5-12(8-21-9-13)11-6-14(7-11)25-18(26)24-16(1-2-17(24)23-25)15-10-20-3-4-22-15/h3-5,8-11,14,16H,1-2,6-7H2/t11?,14?,16-/m0/s1. The van der Waals surface area contributed by atoms with E-state index in [0.29, 0.717) is 0 Å². The predicted molar refractivity (Wildman–Crippen MR) is 90.2 cm³/mol. The zero-order chi connectivity index (χ0) is 17.7. The van der Waals surface area contributed by atoms with E-state index in [9.17, 15) is 9.18 Å². The minimum atomic E-state index is -0.323. The quantitative estimate of drug-likeness (QED) is 0.721. The highest BCUT2D eigenvalue weighted by molar-refractivity contribution is 5.20. The molecule has 8 heteroatoms. The van der Waals surface area contributed by atoms with Gasteiger partial charge in [-0.3, -0.25) is 19.5 Å². The van der Waals surface area contributed by atoms with Crippen LogP contribution in [-0.4, -0.2) is 29.3 Å². The molecule has 7 nitrogen and oxygen atoms in total. The van der Waals surface area contributed by atoms with Crippen LogP contribution in [0, 0.1) is 5.82 Å². The number of hydrogen-bond donors (Lipinski definition) is 0. The zero-order valence-corrected chi connectivity index (χ0v) is 14.0. The lowest BCUT2D eigenvalue weighted by molar-refractivity contribution is 0.235. The van der Waals surface area contributed by atoms with Crippen LogP contribution in [0.5, 0.6) is 0 Å². The van der Waals surface area contributed by atoms with Crippen molar-refractivity contribution in [1.29, 1.82) is 0 Å². The van der Waals surface area contributed by atoms with Crippen molar-refractivity contribution in [1.82, 2.24) is 29.3 Å². The molecule has 0 aromatic carbocycles. The van der Waals surface area contributed by atoms with Gasteiger partial charge in [0.1, 0.15) is 11.6 Å². The molecule has 0 spiro atoms. The van der Waals surface area contributed by atoms with Crippen LogP contribution >= 0.6 is 0 Å². The molecule has 1 atom stereocenters. The number of hydrogen-bond acceptors (Lipinski definition) is 5. The molecule has 2 aliphatic rings. The minimum Gasteiger partial charge on any atom is -0.270 e. The fourth-order valence-corrected chi connectivity index (χ4v) is 4.03. The molecular weight excluding hydrogens is 335 g/mol. The van der Waals surface area contributed by atoms with Gasteiger partial charge in [0.05, 0.1) is 30.2 Å². The molecule has 0 radical (unpaired) electrons. The first-order valence-corrected chi connectivity index (χ1v) is 8.77. The van der Waals surface area contributed by atoms with Gasteiger partial charge in [0, 0.05) is 25.0 Å². The summed E-state index contributed by atoms with van der Waals surface area (Å²) >= 11 is 0. The number of nitrogens with zero attached hydrogens (tertiary/aromatic N) is 6. The Kier molecular flexibility index (Phi) is 3.44. The van der Waals surface area contributed by atoms with E-state index >= 15 is 0 Å². The average molecular weight is 352 g/mol. The van der Waals surface area contributed by atoms with Gasteiger partial charge in [0.15, 0.2) is 0 Å². The van der Waals surface area contributed by atoms with Crippen LogP contribution in [-0.2, 0) is 6.42 Å². The first-order chi connectivity index (χ1) is 12.7. The lowest BCUT2D eigenvalue weighted by Crippen LogP contribution is -2.35. The van der Waals surface area contributed by atoms with E-state index in [2.05, 4.69) is 20.1 Å². The van der Waals surface area contributed by atoms with Gasteiger partial charge in [-0.1, -0.05) is 0 Å². The summed E-state index contributed by atoms with van der Waals surface area (Å²) < 4.78 is 16.7. The molecule has 0 amide bonds. The van der Waals surface area contributed by atoms with Crippen LogP contribution in [0.2, 0.25) is 0 Å². The maximum Gasteiger partial charge on any atom is 0.346 e. The molecule has 1 aliphatic carbocycles. The fraction of sp³-hybridized carbons (Fsp3) is 0.389. The number of aromatic nitrogens is 6. The van der Waals surface area contributed by atoms with Gasteiger partial charge >= 0.3 is 5.69 Å². The predicted octanol–water partition coefficient (Wildman–Crippen LogP) is 2.02. The largest absolute Gasteiger partial charge is 0.346 e. The molecule has 1 aliphatic heterocycles. The zero-order valence-electron chi connectivity index (χ0n) is 14.0. The molecule has 0 saturated heterocycles. The van der Waals surface area contributed by atoms with E-state index in [1.807, 2.05) is 0 Å². The van der Waals surface area contributed by atoms with Crippen molar-refractivity contribution in [3.8, 4) is 0 Å².